The first-order valence-electron chi connectivity index (χ1n) is 6.13. The zero-order valence-corrected chi connectivity index (χ0v) is 10.3. The third-order valence-electron chi connectivity index (χ3n) is 3.89. The molecule has 0 saturated carbocycles. The van der Waals surface area contributed by atoms with Crippen molar-refractivity contribution in [2.75, 3.05) is 7.05 Å². The maximum Gasteiger partial charge on any atom is 0.236 e. The smallest absolute Gasteiger partial charge is 0.236 e. The molecule has 1 aliphatic heterocycles. The Morgan fingerprint density at radius 2 is 2.39 bits per heavy atom. The number of pyridine rings is 1. The Morgan fingerprint density at radius 1 is 1.56 bits per heavy atom. The first-order valence-corrected chi connectivity index (χ1v) is 6.13. The van der Waals surface area contributed by atoms with Gasteiger partial charge in [-0.15, -0.1) is 6.42 Å². The van der Waals surface area contributed by atoms with Crippen molar-refractivity contribution >= 4 is 5.91 Å². The highest BCUT2D eigenvalue weighted by Gasteiger charge is 2.46. The quantitative estimate of drug-likeness (QED) is 0.700. The first kappa shape index (κ1) is 11.0. The number of nitrogens with zero attached hydrogens (tertiary/aromatic N) is 2. The van der Waals surface area contributed by atoms with Crippen molar-refractivity contribution in [2.45, 2.75) is 18.8 Å². The Labute approximate surface area is 107 Å². The molecule has 2 unspecified atom stereocenters. The summed E-state index contributed by atoms with van der Waals surface area (Å²) < 4.78 is 0. The van der Waals surface area contributed by atoms with Crippen LogP contribution < -0.4 is 0 Å². The summed E-state index contributed by atoms with van der Waals surface area (Å²) in [6.07, 6.45) is 11.4. The molecular formula is C15H14N2O. The van der Waals surface area contributed by atoms with E-state index in [0.717, 1.165) is 29.8 Å². The molecule has 1 fully saturated rings. The molecular weight excluding hydrogens is 224 g/mol. The van der Waals surface area contributed by atoms with Crippen molar-refractivity contribution in [1.29, 1.82) is 0 Å². The summed E-state index contributed by atoms with van der Waals surface area (Å²) in [5.41, 5.74) is 2.63. The normalized spacial score (nSPS) is 25.9. The SMILES string of the molecule is C#Cc1cccnc1C1C(=O)N(C)C2=CCCC21. The Kier molecular flexibility index (Phi) is 2.45. The maximum absolute atomic E-state index is 12.4. The average molecular weight is 238 g/mol. The summed E-state index contributed by atoms with van der Waals surface area (Å²) in [6, 6.07) is 3.67. The molecule has 0 N–H and O–H groups in total. The fraction of sp³-hybridized carbons (Fsp3) is 0.333. The summed E-state index contributed by atoms with van der Waals surface area (Å²) in [6.45, 7) is 0. The number of allylic oxidation sites excluding steroid dienone is 2. The number of terminal acetylenes is 1. The van der Waals surface area contributed by atoms with Gasteiger partial charge in [-0.1, -0.05) is 12.0 Å². The predicted molar refractivity (Wildman–Crippen MR) is 68.5 cm³/mol. The molecule has 2 atom stereocenters. The molecule has 0 spiro atoms. The number of aromatic nitrogens is 1. The highest BCUT2D eigenvalue weighted by molar-refractivity contribution is 5.89. The number of carbonyl (C=O) groups is 1. The number of amides is 1. The van der Waals surface area contributed by atoms with Crippen LogP contribution in [-0.4, -0.2) is 22.8 Å². The van der Waals surface area contributed by atoms with Crippen LogP contribution in [0.2, 0.25) is 0 Å². The number of likely N-dealkylation sites (N-methyl/N-ethyl adjacent to an activating group) is 1. The zero-order chi connectivity index (χ0) is 12.7. The van der Waals surface area contributed by atoms with Crippen LogP contribution in [0, 0.1) is 18.3 Å². The highest BCUT2D eigenvalue weighted by atomic mass is 16.2. The minimum Gasteiger partial charge on any atom is -0.319 e. The van der Waals surface area contributed by atoms with Gasteiger partial charge in [0.2, 0.25) is 5.91 Å². The number of hydrogen-bond donors (Lipinski definition) is 0. The molecule has 3 rings (SSSR count). The van der Waals surface area contributed by atoms with Gasteiger partial charge in [-0.3, -0.25) is 9.78 Å². The first-order chi connectivity index (χ1) is 8.74. The number of hydrogen-bond acceptors (Lipinski definition) is 2. The van der Waals surface area contributed by atoms with E-state index in [9.17, 15) is 4.79 Å². The van der Waals surface area contributed by atoms with E-state index in [1.165, 1.54) is 0 Å². The Bertz CT molecular complexity index is 582. The predicted octanol–water partition coefficient (Wildman–Crippen LogP) is 1.91. The van der Waals surface area contributed by atoms with E-state index >= 15 is 0 Å². The van der Waals surface area contributed by atoms with E-state index < -0.39 is 0 Å². The minimum absolute atomic E-state index is 0.112. The molecule has 3 nitrogen and oxygen atoms in total. The van der Waals surface area contributed by atoms with Gasteiger partial charge in [0, 0.05) is 30.4 Å². The molecule has 3 heteroatoms. The molecule has 2 heterocycles. The van der Waals surface area contributed by atoms with E-state index in [1.54, 1.807) is 11.1 Å². The lowest BCUT2D eigenvalue weighted by Gasteiger charge is -2.14. The topological polar surface area (TPSA) is 33.2 Å². The van der Waals surface area contributed by atoms with Crippen molar-refractivity contribution < 1.29 is 4.79 Å². The molecule has 0 bridgehead atoms. The van der Waals surface area contributed by atoms with Gasteiger partial charge in [-0.25, -0.2) is 0 Å². The monoisotopic (exact) mass is 238 g/mol. The Morgan fingerprint density at radius 3 is 3.17 bits per heavy atom. The maximum atomic E-state index is 12.4. The number of rotatable bonds is 1. The van der Waals surface area contributed by atoms with Crippen molar-refractivity contribution in [3.63, 3.8) is 0 Å². The zero-order valence-electron chi connectivity index (χ0n) is 10.3. The summed E-state index contributed by atoms with van der Waals surface area (Å²) >= 11 is 0. The van der Waals surface area contributed by atoms with Crippen molar-refractivity contribution in [3.8, 4) is 12.3 Å². The van der Waals surface area contributed by atoms with Crippen molar-refractivity contribution in [1.82, 2.24) is 9.88 Å². The van der Waals surface area contributed by atoms with Gasteiger partial charge in [0.05, 0.1) is 11.6 Å². The van der Waals surface area contributed by atoms with Gasteiger partial charge in [0.15, 0.2) is 0 Å². The molecule has 1 aromatic heterocycles. The summed E-state index contributed by atoms with van der Waals surface area (Å²) in [4.78, 5) is 18.5. The van der Waals surface area contributed by atoms with Gasteiger partial charge >= 0.3 is 0 Å². The Balaban J connectivity index is 2.10. The van der Waals surface area contributed by atoms with Gasteiger partial charge < -0.3 is 4.90 Å². The molecule has 90 valence electrons. The molecule has 1 amide bonds. The molecule has 1 aromatic rings. The second-order valence-electron chi connectivity index (χ2n) is 4.77. The fourth-order valence-corrected chi connectivity index (χ4v) is 3.04. The van der Waals surface area contributed by atoms with Crippen LogP contribution >= 0.6 is 0 Å². The van der Waals surface area contributed by atoms with Gasteiger partial charge in [0.25, 0.3) is 0 Å². The van der Waals surface area contributed by atoms with Crippen molar-refractivity contribution in [2.24, 2.45) is 5.92 Å². The van der Waals surface area contributed by atoms with Crippen molar-refractivity contribution in [3.05, 3.63) is 41.4 Å². The van der Waals surface area contributed by atoms with Gasteiger partial charge in [-0.2, -0.15) is 0 Å². The highest BCUT2D eigenvalue weighted by Crippen LogP contribution is 2.46. The van der Waals surface area contributed by atoms with Gasteiger partial charge in [0.1, 0.15) is 0 Å². The lowest BCUT2D eigenvalue weighted by molar-refractivity contribution is -0.127. The summed E-state index contributed by atoms with van der Waals surface area (Å²) in [5, 5.41) is 0. The van der Waals surface area contributed by atoms with Crippen LogP contribution in [0.4, 0.5) is 0 Å². The standard InChI is InChI=1S/C15H14N2O/c1-3-10-6-5-9-16-14(10)13-11-7-4-8-12(11)17(2)15(13)18/h1,5-6,8-9,11,13H,4,7H2,2H3. The van der Waals surface area contributed by atoms with E-state index in [-0.39, 0.29) is 17.7 Å². The number of likely N-dealkylation sites (tertiary alicyclic amines) is 1. The van der Waals surface area contributed by atoms with E-state index in [2.05, 4.69) is 17.0 Å². The molecule has 0 aromatic carbocycles. The second kappa shape index (κ2) is 3.99. The summed E-state index contributed by atoms with van der Waals surface area (Å²) in [5.74, 6) is 2.80. The lowest BCUT2D eigenvalue weighted by atomic mass is 9.88. The molecule has 1 aliphatic carbocycles. The number of fused-ring (bicyclic) bond motifs is 1. The minimum atomic E-state index is -0.198. The second-order valence-corrected chi connectivity index (χ2v) is 4.77. The third kappa shape index (κ3) is 1.39. The third-order valence-corrected chi connectivity index (χ3v) is 3.89. The summed E-state index contributed by atoms with van der Waals surface area (Å²) in [7, 11) is 1.84. The van der Waals surface area contributed by atoms with Crippen LogP contribution in [-0.2, 0) is 4.79 Å². The van der Waals surface area contributed by atoms with Gasteiger partial charge in [-0.05, 0) is 25.0 Å². The van der Waals surface area contributed by atoms with Crippen LogP contribution in [0.1, 0.15) is 30.0 Å². The van der Waals surface area contributed by atoms with E-state index in [1.807, 2.05) is 19.2 Å². The molecule has 2 aliphatic rings. The Hall–Kier alpha value is -2.08. The average Bonchev–Trinajstić information content (AvgIpc) is 2.95. The lowest BCUT2D eigenvalue weighted by Crippen LogP contribution is -2.22. The fourth-order valence-electron chi connectivity index (χ4n) is 3.04. The van der Waals surface area contributed by atoms with E-state index in [0.29, 0.717) is 0 Å². The molecule has 18 heavy (non-hydrogen) atoms. The van der Waals surface area contributed by atoms with Crippen LogP contribution in [0.15, 0.2) is 30.1 Å². The van der Waals surface area contributed by atoms with Crippen LogP contribution in [0.3, 0.4) is 0 Å². The van der Waals surface area contributed by atoms with E-state index in [4.69, 9.17) is 6.42 Å². The largest absolute Gasteiger partial charge is 0.319 e. The number of carbonyl (C=O) groups excluding carboxylic acids is 1. The van der Waals surface area contributed by atoms with Crippen LogP contribution in [0.5, 0.6) is 0 Å². The van der Waals surface area contributed by atoms with Crippen LogP contribution in [0.25, 0.3) is 0 Å². The molecule has 0 radical (unpaired) electrons. The molecule has 1 saturated heterocycles.